The van der Waals surface area contributed by atoms with Crippen LogP contribution >= 0.6 is 23.2 Å². The number of ether oxygens (including phenoxy) is 3. The van der Waals surface area contributed by atoms with Crippen LogP contribution in [0.15, 0.2) is 60.7 Å². The Balaban J connectivity index is 1.58. The average Bonchev–Trinajstić information content (AvgIpc) is 2.77. The molecule has 0 amide bonds. The molecule has 0 aliphatic rings. The highest BCUT2D eigenvalue weighted by molar-refractivity contribution is 6.31. The molecular weight excluding hydrogens is 421 g/mol. The molecule has 4 nitrogen and oxygen atoms in total. The van der Waals surface area contributed by atoms with Crippen molar-refractivity contribution in [3.05, 3.63) is 87.4 Å². The molecule has 0 spiro atoms. The van der Waals surface area contributed by atoms with Crippen LogP contribution in [0, 0.1) is 0 Å². The standard InChI is InChI=1S/C24H25Cl2NO3/c1-28-22-6-4-3-5-18(22)11-12-27-15-19-13-23(29-2)24(14-21(19)26)30-16-17-7-9-20(25)10-8-17/h3-10,13-14,27H,11-12,15-16H2,1-2H3. The Hall–Kier alpha value is -2.40. The zero-order valence-electron chi connectivity index (χ0n) is 17.1. The van der Waals surface area contributed by atoms with Crippen molar-refractivity contribution in [2.24, 2.45) is 0 Å². The fraction of sp³-hybridized carbons (Fsp3) is 0.250. The van der Waals surface area contributed by atoms with Gasteiger partial charge in [0.15, 0.2) is 11.5 Å². The van der Waals surface area contributed by atoms with Crippen LogP contribution in [0.2, 0.25) is 10.0 Å². The molecule has 0 saturated carbocycles. The zero-order chi connectivity index (χ0) is 21.3. The van der Waals surface area contributed by atoms with E-state index in [4.69, 9.17) is 37.4 Å². The van der Waals surface area contributed by atoms with Crippen molar-refractivity contribution in [2.45, 2.75) is 19.6 Å². The summed E-state index contributed by atoms with van der Waals surface area (Å²) in [5.74, 6) is 2.16. The Bertz CT molecular complexity index is 961. The summed E-state index contributed by atoms with van der Waals surface area (Å²) in [6.07, 6.45) is 0.862. The first-order chi connectivity index (χ1) is 14.6. The first-order valence-corrected chi connectivity index (χ1v) is 10.4. The lowest BCUT2D eigenvalue weighted by Crippen LogP contribution is -2.17. The van der Waals surface area contributed by atoms with Crippen molar-refractivity contribution in [3.63, 3.8) is 0 Å². The van der Waals surface area contributed by atoms with Crippen molar-refractivity contribution in [2.75, 3.05) is 20.8 Å². The fourth-order valence-electron chi connectivity index (χ4n) is 3.08. The molecule has 1 N–H and O–H groups in total. The monoisotopic (exact) mass is 445 g/mol. The molecule has 0 saturated heterocycles. The molecule has 3 aromatic rings. The minimum Gasteiger partial charge on any atom is -0.496 e. The van der Waals surface area contributed by atoms with E-state index in [0.29, 0.717) is 34.7 Å². The predicted molar refractivity (Wildman–Crippen MR) is 122 cm³/mol. The van der Waals surface area contributed by atoms with E-state index in [0.717, 1.165) is 29.8 Å². The van der Waals surface area contributed by atoms with Crippen LogP contribution in [0.1, 0.15) is 16.7 Å². The first-order valence-electron chi connectivity index (χ1n) is 9.67. The molecule has 0 aromatic heterocycles. The summed E-state index contributed by atoms with van der Waals surface area (Å²) < 4.78 is 16.8. The number of nitrogens with one attached hydrogen (secondary N) is 1. The second-order valence-electron chi connectivity index (χ2n) is 6.75. The summed E-state index contributed by atoms with van der Waals surface area (Å²) in [6, 6.07) is 19.3. The summed E-state index contributed by atoms with van der Waals surface area (Å²) >= 11 is 12.4. The summed E-state index contributed by atoms with van der Waals surface area (Å²) in [4.78, 5) is 0. The van der Waals surface area contributed by atoms with Gasteiger partial charge in [0.25, 0.3) is 0 Å². The molecule has 0 atom stereocenters. The van der Waals surface area contributed by atoms with Crippen molar-refractivity contribution in [3.8, 4) is 17.2 Å². The highest BCUT2D eigenvalue weighted by Gasteiger charge is 2.11. The van der Waals surface area contributed by atoms with Gasteiger partial charge in [-0.05, 0) is 53.9 Å². The predicted octanol–water partition coefficient (Wildman–Crippen LogP) is 5.92. The molecular formula is C24H25Cl2NO3. The number of halogens is 2. The molecule has 0 radical (unpaired) electrons. The molecule has 0 aliphatic carbocycles. The van der Waals surface area contributed by atoms with Crippen LogP contribution in [-0.4, -0.2) is 20.8 Å². The SMILES string of the molecule is COc1ccccc1CCNCc1cc(OC)c(OCc2ccc(Cl)cc2)cc1Cl. The van der Waals surface area contributed by atoms with Crippen LogP contribution in [0.25, 0.3) is 0 Å². The third-order valence-electron chi connectivity index (χ3n) is 4.72. The molecule has 0 aliphatic heterocycles. The largest absolute Gasteiger partial charge is 0.496 e. The maximum Gasteiger partial charge on any atom is 0.163 e. The smallest absolute Gasteiger partial charge is 0.163 e. The average molecular weight is 446 g/mol. The number of benzene rings is 3. The number of rotatable bonds is 10. The number of hydrogen-bond acceptors (Lipinski definition) is 4. The summed E-state index contributed by atoms with van der Waals surface area (Å²) in [5.41, 5.74) is 3.13. The van der Waals surface area contributed by atoms with Gasteiger partial charge in [-0.1, -0.05) is 53.5 Å². The van der Waals surface area contributed by atoms with Crippen LogP contribution in [0.3, 0.4) is 0 Å². The molecule has 158 valence electrons. The molecule has 3 rings (SSSR count). The van der Waals surface area contributed by atoms with Gasteiger partial charge in [-0.15, -0.1) is 0 Å². The molecule has 30 heavy (non-hydrogen) atoms. The van der Waals surface area contributed by atoms with Crippen molar-refractivity contribution >= 4 is 23.2 Å². The van der Waals surface area contributed by atoms with E-state index in [1.54, 1.807) is 20.3 Å². The summed E-state index contributed by atoms with van der Waals surface area (Å²) in [7, 11) is 3.31. The molecule has 0 heterocycles. The molecule has 0 fully saturated rings. The van der Waals surface area contributed by atoms with Crippen LogP contribution in [0.5, 0.6) is 17.2 Å². The van der Waals surface area contributed by atoms with Crippen LogP contribution in [-0.2, 0) is 19.6 Å². The molecule has 6 heteroatoms. The van der Waals surface area contributed by atoms with E-state index in [1.165, 1.54) is 5.56 Å². The lowest BCUT2D eigenvalue weighted by molar-refractivity contribution is 0.284. The maximum atomic E-state index is 6.49. The van der Waals surface area contributed by atoms with Gasteiger partial charge >= 0.3 is 0 Å². The zero-order valence-corrected chi connectivity index (χ0v) is 18.6. The Morgan fingerprint density at radius 1 is 0.800 bits per heavy atom. The Kier molecular flexibility index (Phi) is 8.26. The second-order valence-corrected chi connectivity index (χ2v) is 7.59. The summed E-state index contributed by atoms with van der Waals surface area (Å²) in [6.45, 7) is 1.83. The van der Waals surface area contributed by atoms with Gasteiger partial charge in [0, 0.05) is 22.7 Å². The molecule has 0 unspecified atom stereocenters. The van der Waals surface area contributed by atoms with E-state index < -0.39 is 0 Å². The highest BCUT2D eigenvalue weighted by Crippen LogP contribution is 2.34. The van der Waals surface area contributed by atoms with Crippen LogP contribution in [0.4, 0.5) is 0 Å². The second kappa shape index (κ2) is 11.1. The van der Waals surface area contributed by atoms with Crippen molar-refractivity contribution in [1.29, 1.82) is 0 Å². The minimum atomic E-state index is 0.403. The van der Waals surface area contributed by atoms with E-state index in [2.05, 4.69) is 11.4 Å². The van der Waals surface area contributed by atoms with Crippen molar-refractivity contribution in [1.82, 2.24) is 5.32 Å². The van der Waals surface area contributed by atoms with Gasteiger partial charge in [-0.25, -0.2) is 0 Å². The maximum absolute atomic E-state index is 6.49. The third-order valence-corrected chi connectivity index (χ3v) is 5.32. The number of methoxy groups -OCH3 is 2. The lowest BCUT2D eigenvalue weighted by atomic mass is 10.1. The van der Waals surface area contributed by atoms with E-state index in [-0.39, 0.29) is 0 Å². The van der Waals surface area contributed by atoms with Gasteiger partial charge in [0.05, 0.1) is 14.2 Å². The Morgan fingerprint density at radius 2 is 1.53 bits per heavy atom. The van der Waals surface area contributed by atoms with Gasteiger partial charge in [0.2, 0.25) is 0 Å². The fourth-order valence-corrected chi connectivity index (χ4v) is 3.43. The normalized spacial score (nSPS) is 10.7. The van der Waals surface area contributed by atoms with E-state index in [1.807, 2.05) is 48.5 Å². The van der Waals surface area contributed by atoms with E-state index in [9.17, 15) is 0 Å². The van der Waals surface area contributed by atoms with Gasteiger partial charge in [-0.3, -0.25) is 0 Å². The van der Waals surface area contributed by atoms with Gasteiger partial charge in [-0.2, -0.15) is 0 Å². The third kappa shape index (κ3) is 6.05. The summed E-state index contributed by atoms with van der Waals surface area (Å²) in [5, 5.41) is 4.75. The quantitative estimate of drug-likeness (QED) is 0.393. The van der Waals surface area contributed by atoms with Crippen LogP contribution < -0.4 is 19.5 Å². The number of para-hydroxylation sites is 1. The Labute approximate surface area is 187 Å². The van der Waals surface area contributed by atoms with E-state index >= 15 is 0 Å². The van der Waals surface area contributed by atoms with Gasteiger partial charge in [0.1, 0.15) is 12.4 Å². The van der Waals surface area contributed by atoms with Crippen molar-refractivity contribution < 1.29 is 14.2 Å². The minimum absolute atomic E-state index is 0.403. The highest BCUT2D eigenvalue weighted by atomic mass is 35.5. The Morgan fingerprint density at radius 3 is 2.27 bits per heavy atom. The van der Waals surface area contributed by atoms with Gasteiger partial charge < -0.3 is 19.5 Å². The lowest BCUT2D eigenvalue weighted by Gasteiger charge is -2.15. The topological polar surface area (TPSA) is 39.7 Å². The molecule has 0 bridgehead atoms. The first kappa shape index (κ1) is 22.3. The molecule has 3 aromatic carbocycles. The number of hydrogen-bond donors (Lipinski definition) is 1.